The van der Waals surface area contributed by atoms with Gasteiger partial charge in [-0.25, -0.2) is 30.7 Å². The fourth-order valence-corrected chi connectivity index (χ4v) is 5.52. The molecule has 12 heteroatoms. The fourth-order valence-electron chi connectivity index (χ4n) is 3.79. The van der Waals surface area contributed by atoms with Crippen molar-refractivity contribution in [3.63, 3.8) is 0 Å². The third-order valence-electron chi connectivity index (χ3n) is 5.48. The number of aliphatic hydroxyl groups is 1. The van der Waals surface area contributed by atoms with Crippen molar-refractivity contribution in [2.75, 3.05) is 17.2 Å². The Morgan fingerprint density at radius 3 is 2.48 bits per heavy atom. The molecule has 2 aliphatic rings. The van der Waals surface area contributed by atoms with Crippen LogP contribution in [0, 0.1) is 17.5 Å². The van der Waals surface area contributed by atoms with E-state index in [1.807, 2.05) is 0 Å². The lowest BCUT2D eigenvalue weighted by Gasteiger charge is -2.36. The number of sulfonamides is 1. The summed E-state index contributed by atoms with van der Waals surface area (Å²) in [5.41, 5.74) is 0.216. The molecule has 2 aromatic rings. The Bertz CT molecular complexity index is 1270. The molecule has 1 aliphatic heterocycles. The molecule has 174 valence electrons. The molecule has 1 atom stereocenters. The van der Waals surface area contributed by atoms with Crippen molar-refractivity contribution in [2.24, 2.45) is 0 Å². The van der Waals surface area contributed by atoms with Gasteiger partial charge in [0.2, 0.25) is 0 Å². The summed E-state index contributed by atoms with van der Waals surface area (Å²) < 4.78 is 67.2. The highest BCUT2D eigenvalue weighted by molar-refractivity contribution is 7.90. The number of hydrogen-bond donors (Lipinski definition) is 3. The number of nitrogens with one attached hydrogen (secondary N) is 2. The molecule has 0 spiro atoms. The second-order valence-corrected chi connectivity index (χ2v) is 9.38. The number of halogens is 3. The van der Waals surface area contributed by atoms with Crippen LogP contribution >= 0.6 is 0 Å². The number of urea groups is 1. The summed E-state index contributed by atoms with van der Waals surface area (Å²) in [4.78, 5) is 24.8. The van der Waals surface area contributed by atoms with Gasteiger partial charge in [-0.05, 0) is 43.0 Å². The van der Waals surface area contributed by atoms with E-state index < -0.39 is 45.5 Å². The fraction of sp³-hybridized carbons (Fsp3) is 0.238. The number of benzene rings is 2. The van der Waals surface area contributed by atoms with Crippen LogP contribution in [-0.2, 0) is 10.0 Å². The average Bonchev–Trinajstić information content (AvgIpc) is 2.77. The monoisotopic (exact) mass is 481 g/mol. The van der Waals surface area contributed by atoms with Gasteiger partial charge in [0.15, 0.2) is 17.5 Å². The maximum absolute atomic E-state index is 13.4. The molecule has 33 heavy (non-hydrogen) atoms. The van der Waals surface area contributed by atoms with Gasteiger partial charge >= 0.3 is 6.03 Å². The van der Waals surface area contributed by atoms with Crippen LogP contribution in [0.3, 0.4) is 0 Å². The van der Waals surface area contributed by atoms with E-state index in [-0.39, 0.29) is 34.9 Å². The third-order valence-corrected chi connectivity index (χ3v) is 7.35. The predicted octanol–water partition coefficient (Wildman–Crippen LogP) is 3.36. The lowest BCUT2D eigenvalue weighted by Crippen LogP contribution is -2.50. The highest BCUT2D eigenvalue weighted by Crippen LogP contribution is 2.35. The Morgan fingerprint density at radius 1 is 1.18 bits per heavy atom. The summed E-state index contributed by atoms with van der Waals surface area (Å²) in [6.07, 6.45) is 2.69. The minimum absolute atomic E-state index is 0.0194. The molecule has 4 rings (SSSR count). The zero-order chi connectivity index (χ0) is 23.9. The molecule has 0 radical (unpaired) electrons. The van der Waals surface area contributed by atoms with Crippen molar-refractivity contribution < 1.29 is 36.3 Å². The summed E-state index contributed by atoms with van der Waals surface area (Å²) in [6, 6.07) is 3.18. The second kappa shape index (κ2) is 8.52. The quantitative estimate of drug-likeness (QED) is 0.458. The molecule has 0 bridgehead atoms. The van der Waals surface area contributed by atoms with Gasteiger partial charge in [0.25, 0.3) is 15.9 Å². The largest absolute Gasteiger partial charge is 0.392 e. The normalized spacial score (nSPS) is 19.4. The van der Waals surface area contributed by atoms with E-state index in [2.05, 4.69) is 10.6 Å². The number of amides is 3. The predicted molar refractivity (Wildman–Crippen MR) is 112 cm³/mol. The van der Waals surface area contributed by atoms with Gasteiger partial charge in [-0.15, -0.1) is 0 Å². The van der Waals surface area contributed by atoms with E-state index in [1.165, 1.54) is 12.1 Å². The molecule has 1 unspecified atom stereocenters. The maximum Gasteiger partial charge on any atom is 0.336 e. The van der Waals surface area contributed by atoms with Crippen LogP contribution in [0.1, 0.15) is 29.6 Å². The summed E-state index contributed by atoms with van der Waals surface area (Å²) in [5.74, 6) is -5.58. The summed E-state index contributed by atoms with van der Waals surface area (Å²) >= 11 is 0. The van der Waals surface area contributed by atoms with E-state index in [0.29, 0.717) is 25.0 Å². The van der Waals surface area contributed by atoms with Crippen LogP contribution in [0.5, 0.6) is 0 Å². The molecule has 0 aromatic heterocycles. The van der Waals surface area contributed by atoms with E-state index >= 15 is 0 Å². The highest BCUT2D eigenvalue weighted by atomic mass is 32.2. The van der Waals surface area contributed by atoms with Crippen LogP contribution in [0.15, 0.2) is 46.9 Å². The number of hydrogen-bond acceptors (Lipinski definition) is 5. The Kier molecular flexibility index (Phi) is 5.89. The zero-order valence-corrected chi connectivity index (χ0v) is 17.8. The SMILES string of the molecule is O=C(Nc1cc(F)c(F)c(F)c1)c1ccc2c(c1)S(=O)(=O)N(C1CC=C(CO)CC1)C(=O)N2. The van der Waals surface area contributed by atoms with Gasteiger partial charge in [0.05, 0.1) is 18.3 Å². The number of aliphatic hydroxyl groups excluding tert-OH is 1. The van der Waals surface area contributed by atoms with Gasteiger partial charge in [0.1, 0.15) is 4.90 Å². The standard InChI is InChI=1S/C21H18F3N3O5S/c22-15-8-13(9-16(23)19(15)24)25-20(29)12-3-6-17-18(7-12)33(31,32)27(21(30)26-17)14-4-1-11(10-28)2-5-14/h1,3,6-9,14,28H,2,4-5,10H2,(H,25,29)(H,26,30). The van der Waals surface area contributed by atoms with Crippen LogP contribution < -0.4 is 10.6 Å². The molecule has 0 saturated carbocycles. The van der Waals surface area contributed by atoms with Crippen molar-refractivity contribution >= 4 is 33.3 Å². The molecule has 1 aliphatic carbocycles. The van der Waals surface area contributed by atoms with Crippen molar-refractivity contribution in [3.05, 3.63) is 65.0 Å². The second-order valence-electron chi connectivity index (χ2n) is 7.60. The van der Waals surface area contributed by atoms with E-state index in [4.69, 9.17) is 0 Å². The van der Waals surface area contributed by atoms with E-state index in [1.54, 1.807) is 6.08 Å². The van der Waals surface area contributed by atoms with Gasteiger partial charge in [-0.3, -0.25) is 4.79 Å². The molecule has 8 nitrogen and oxygen atoms in total. The van der Waals surface area contributed by atoms with Crippen molar-refractivity contribution in [1.82, 2.24) is 4.31 Å². The smallest absolute Gasteiger partial charge is 0.336 e. The topological polar surface area (TPSA) is 116 Å². The van der Waals surface area contributed by atoms with Crippen LogP contribution in [-0.4, -0.2) is 42.4 Å². The first kappa shape index (κ1) is 22.8. The minimum atomic E-state index is -4.32. The molecule has 1 heterocycles. The number of carbonyl (C=O) groups is 2. The van der Waals surface area contributed by atoms with Crippen LogP contribution in [0.25, 0.3) is 0 Å². The van der Waals surface area contributed by atoms with Gasteiger partial charge < -0.3 is 15.7 Å². The molecule has 0 saturated heterocycles. The molecular formula is C21H18F3N3O5S. The Labute approximate surface area is 186 Å². The molecule has 0 fully saturated rings. The summed E-state index contributed by atoms with van der Waals surface area (Å²) in [6.45, 7) is -0.144. The Hall–Kier alpha value is -3.38. The number of rotatable bonds is 4. The average molecular weight is 481 g/mol. The first-order valence-electron chi connectivity index (χ1n) is 9.86. The van der Waals surface area contributed by atoms with Gasteiger partial charge in [-0.1, -0.05) is 6.08 Å². The van der Waals surface area contributed by atoms with Crippen molar-refractivity contribution in [1.29, 1.82) is 0 Å². The zero-order valence-electron chi connectivity index (χ0n) is 16.9. The number of nitrogens with zero attached hydrogens (tertiary/aromatic N) is 1. The number of fused-ring (bicyclic) bond motifs is 1. The summed E-state index contributed by atoms with van der Waals surface area (Å²) in [7, 11) is -4.32. The Morgan fingerprint density at radius 2 is 1.88 bits per heavy atom. The number of anilines is 2. The lowest BCUT2D eigenvalue weighted by molar-refractivity contribution is 0.102. The molecule has 2 aromatic carbocycles. The highest BCUT2D eigenvalue weighted by Gasteiger charge is 2.41. The van der Waals surface area contributed by atoms with E-state index in [0.717, 1.165) is 15.9 Å². The maximum atomic E-state index is 13.4. The summed E-state index contributed by atoms with van der Waals surface area (Å²) in [5, 5.41) is 13.9. The van der Waals surface area contributed by atoms with Crippen LogP contribution in [0.2, 0.25) is 0 Å². The Balaban J connectivity index is 1.63. The van der Waals surface area contributed by atoms with Gasteiger partial charge in [0, 0.05) is 23.4 Å². The molecular weight excluding hydrogens is 463 g/mol. The van der Waals surface area contributed by atoms with Crippen LogP contribution in [0.4, 0.5) is 29.3 Å². The number of carbonyl (C=O) groups excluding carboxylic acids is 2. The van der Waals surface area contributed by atoms with Gasteiger partial charge in [-0.2, -0.15) is 0 Å². The van der Waals surface area contributed by atoms with E-state index in [9.17, 15) is 36.3 Å². The molecule has 3 N–H and O–H groups in total. The minimum Gasteiger partial charge on any atom is -0.392 e. The van der Waals surface area contributed by atoms with Crippen molar-refractivity contribution in [3.8, 4) is 0 Å². The molecule has 3 amide bonds. The third kappa shape index (κ3) is 4.18. The first-order chi connectivity index (χ1) is 15.6. The first-order valence-corrected chi connectivity index (χ1v) is 11.3. The lowest BCUT2D eigenvalue weighted by atomic mass is 9.96. The van der Waals surface area contributed by atoms with Crippen molar-refractivity contribution in [2.45, 2.75) is 30.2 Å².